The smallest absolute Gasteiger partial charge is 0.371 e. The summed E-state index contributed by atoms with van der Waals surface area (Å²) >= 11 is 0. The molecule has 1 aliphatic heterocycles. The standard InChI is InChI=1S/C14H16F3NO2/c1-10-6-11(9-19)8-12(7-10)18-4-2-13(3-5-18)20-14(15,16)17/h6-9,13H,2-5H2,1H3. The molecule has 0 aromatic heterocycles. The van der Waals surface area contributed by atoms with E-state index in [4.69, 9.17) is 0 Å². The van der Waals surface area contributed by atoms with Crippen molar-refractivity contribution < 1.29 is 22.7 Å². The first-order chi connectivity index (χ1) is 9.37. The molecule has 1 fully saturated rings. The number of hydrogen-bond acceptors (Lipinski definition) is 3. The third kappa shape index (κ3) is 3.96. The van der Waals surface area contributed by atoms with Crippen LogP contribution in [-0.4, -0.2) is 31.8 Å². The Morgan fingerprint density at radius 3 is 2.45 bits per heavy atom. The van der Waals surface area contributed by atoms with Crippen molar-refractivity contribution >= 4 is 12.0 Å². The van der Waals surface area contributed by atoms with E-state index in [1.807, 2.05) is 17.9 Å². The highest BCUT2D eigenvalue weighted by Crippen LogP contribution is 2.27. The molecule has 0 spiro atoms. The summed E-state index contributed by atoms with van der Waals surface area (Å²) in [6.45, 7) is 2.86. The van der Waals surface area contributed by atoms with Crippen LogP contribution in [0.4, 0.5) is 18.9 Å². The first kappa shape index (κ1) is 14.8. The number of alkyl halides is 3. The van der Waals surface area contributed by atoms with Gasteiger partial charge in [-0.25, -0.2) is 0 Å². The average Bonchev–Trinajstić information content (AvgIpc) is 2.37. The van der Waals surface area contributed by atoms with Gasteiger partial charge in [-0.15, -0.1) is 13.2 Å². The highest BCUT2D eigenvalue weighted by atomic mass is 19.4. The third-order valence-electron chi connectivity index (χ3n) is 3.33. The largest absolute Gasteiger partial charge is 0.522 e. The van der Waals surface area contributed by atoms with E-state index < -0.39 is 12.5 Å². The number of carbonyl (C=O) groups excluding carboxylic acids is 1. The van der Waals surface area contributed by atoms with Gasteiger partial charge in [0.25, 0.3) is 0 Å². The van der Waals surface area contributed by atoms with Gasteiger partial charge in [-0.3, -0.25) is 9.53 Å². The molecule has 0 radical (unpaired) electrons. The molecule has 1 aromatic rings. The maximum Gasteiger partial charge on any atom is 0.522 e. The number of aryl methyl sites for hydroxylation is 1. The number of halogens is 3. The van der Waals surface area contributed by atoms with E-state index in [9.17, 15) is 18.0 Å². The van der Waals surface area contributed by atoms with Crippen molar-refractivity contribution in [2.75, 3.05) is 18.0 Å². The summed E-state index contributed by atoms with van der Waals surface area (Å²) in [6, 6.07) is 5.46. The van der Waals surface area contributed by atoms with E-state index in [2.05, 4.69) is 4.74 Å². The van der Waals surface area contributed by atoms with Gasteiger partial charge in [-0.2, -0.15) is 0 Å². The van der Waals surface area contributed by atoms with E-state index in [-0.39, 0.29) is 0 Å². The van der Waals surface area contributed by atoms with Gasteiger partial charge in [0.15, 0.2) is 0 Å². The zero-order valence-corrected chi connectivity index (χ0v) is 11.1. The van der Waals surface area contributed by atoms with Crippen LogP contribution in [-0.2, 0) is 4.74 Å². The molecule has 6 heteroatoms. The van der Waals surface area contributed by atoms with Crippen molar-refractivity contribution in [1.82, 2.24) is 0 Å². The first-order valence-corrected chi connectivity index (χ1v) is 6.44. The quantitative estimate of drug-likeness (QED) is 0.799. The number of rotatable bonds is 3. The van der Waals surface area contributed by atoms with Crippen LogP contribution in [0.2, 0.25) is 0 Å². The summed E-state index contributed by atoms with van der Waals surface area (Å²) in [5, 5.41) is 0. The fraction of sp³-hybridized carbons (Fsp3) is 0.500. The van der Waals surface area contributed by atoms with Gasteiger partial charge >= 0.3 is 6.36 Å². The molecule has 20 heavy (non-hydrogen) atoms. The van der Waals surface area contributed by atoms with Crippen LogP contribution in [0.15, 0.2) is 18.2 Å². The van der Waals surface area contributed by atoms with Gasteiger partial charge in [-0.1, -0.05) is 0 Å². The number of anilines is 1. The normalized spacial score (nSPS) is 17.3. The van der Waals surface area contributed by atoms with Gasteiger partial charge in [0.1, 0.15) is 6.29 Å². The van der Waals surface area contributed by atoms with E-state index in [1.165, 1.54) is 0 Å². The van der Waals surface area contributed by atoms with Crippen molar-refractivity contribution in [2.24, 2.45) is 0 Å². The molecule has 1 aromatic carbocycles. The summed E-state index contributed by atoms with van der Waals surface area (Å²) in [6.07, 6.45) is -3.92. The fourth-order valence-electron chi connectivity index (χ4n) is 2.46. The Kier molecular flexibility index (Phi) is 4.32. The van der Waals surface area contributed by atoms with Crippen molar-refractivity contribution in [1.29, 1.82) is 0 Å². The number of carbonyl (C=O) groups is 1. The second kappa shape index (κ2) is 5.83. The highest BCUT2D eigenvalue weighted by molar-refractivity contribution is 5.77. The second-order valence-electron chi connectivity index (χ2n) is 4.97. The maximum atomic E-state index is 12.1. The van der Waals surface area contributed by atoms with E-state index in [0.29, 0.717) is 31.5 Å². The minimum Gasteiger partial charge on any atom is -0.371 e. The SMILES string of the molecule is Cc1cc(C=O)cc(N2CCC(OC(F)(F)F)CC2)c1. The van der Waals surface area contributed by atoms with Crippen molar-refractivity contribution in [3.63, 3.8) is 0 Å². The Balaban J connectivity index is 2.00. The summed E-state index contributed by atoms with van der Waals surface area (Å²) in [4.78, 5) is 12.8. The van der Waals surface area contributed by atoms with E-state index >= 15 is 0 Å². The molecule has 1 heterocycles. The average molecular weight is 287 g/mol. The number of piperidine rings is 1. The summed E-state index contributed by atoms with van der Waals surface area (Å²) < 4.78 is 40.5. The molecule has 0 aliphatic carbocycles. The van der Waals surface area contributed by atoms with Crippen LogP contribution >= 0.6 is 0 Å². The summed E-state index contributed by atoms with van der Waals surface area (Å²) in [5.41, 5.74) is 2.41. The predicted molar refractivity (Wildman–Crippen MR) is 68.9 cm³/mol. The molecular weight excluding hydrogens is 271 g/mol. The first-order valence-electron chi connectivity index (χ1n) is 6.44. The molecule has 1 saturated heterocycles. The molecule has 0 saturated carbocycles. The molecule has 0 atom stereocenters. The van der Waals surface area contributed by atoms with E-state index in [1.54, 1.807) is 12.1 Å². The molecule has 0 N–H and O–H groups in total. The van der Waals surface area contributed by atoms with Crippen LogP contribution in [0.25, 0.3) is 0 Å². The topological polar surface area (TPSA) is 29.5 Å². The Bertz CT molecular complexity index is 480. The zero-order valence-electron chi connectivity index (χ0n) is 11.1. The molecule has 110 valence electrons. The second-order valence-corrected chi connectivity index (χ2v) is 4.97. The third-order valence-corrected chi connectivity index (χ3v) is 3.33. The van der Waals surface area contributed by atoms with Crippen LogP contribution in [0, 0.1) is 6.92 Å². The molecular formula is C14H16F3NO2. The lowest BCUT2D eigenvalue weighted by Gasteiger charge is -2.34. The lowest BCUT2D eigenvalue weighted by atomic mass is 10.0. The van der Waals surface area contributed by atoms with Gasteiger partial charge in [0.2, 0.25) is 0 Å². The van der Waals surface area contributed by atoms with Crippen LogP contribution in [0.5, 0.6) is 0 Å². The zero-order chi connectivity index (χ0) is 14.8. The van der Waals surface area contributed by atoms with Gasteiger partial charge in [0.05, 0.1) is 6.10 Å². The predicted octanol–water partition coefficient (Wildman–Crippen LogP) is 3.31. The maximum absolute atomic E-state index is 12.1. The molecule has 3 nitrogen and oxygen atoms in total. The van der Waals surface area contributed by atoms with Crippen molar-refractivity contribution in [3.05, 3.63) is 29.3 Å². The Labute approximate surface area is 115 Å². The molecule has 2 rings (SSSR count). The summed E-state index contributed by atoms with van der Waals surface area (Å²) in [5.74, 6) is 0. The van der Waals surface area contributed by atoms with Crippen LogP contribution in [0.1, 0.15) is 28.8 Å². The Morgan fingerprint density at radius 2 is 1.90 bits per heavy atom. The molecule has 0 amide bonds. The van der Waals surface area contributed by atoms with Crippen LogP contribution < -0.4 is 4.90 Å². The summed E-state index contributed by atoms with van der Waals surface area (Å²) in [7, 11) is 0. The molecule has 1 aliphatic rings. The van der Waals surface area contributed by atoms with Crippen LogP contribution in [0.3, 0.4) is 0 Å². The van der Waals surface area contributed by atoms with E-state index in [0.717, 1.165) is 17.5 Å². The fourth-order valence-corrected chi connectivity index (χ4v) is 2.46. The van der Waals surface area contributed by atoms with Gasteiger partial charge in [0, 0.05) is 24.3 Å². The monoisotopic (exact) mass is 287 g/mol. The number of aldehydes is 1. The number of ether oxygens (including phenoxy) is 1. The number of benzene rings is 1. The molecule has 0 unspecified atom stereocenters. The molecule has 0 bridgehead atoms. The number of hydrogen-bond donors (Lipinski definition) is 0. The minimum atomic E-state index is -4.57. The highest BCUT2D eigenvalue weighted by Gasteiger charge is 2.35. The Hall–Kier alpha value is -1.56. The minimum absolute atomic E-state index is 0.323. The lowest BCUT2D eigenvalue weighted by molar-refractivity contribution is -0.344. The Morgan fingerprint density at radius 1 is 1.25 bits per heavy atom. The van der Waals surface area contributed by atoms with Crippen molar-refractivity contribution in [3.8, 4) is 0 Å². The number of nitrogens with zero attached hydrogens (tertiary/aromatic N) is 1. The van der Waals surface area contributed by atoms with Gasteiger partial charge < -0.3 is 4.90 Å². The van der Waals surface area contributed by atoms with Crippen molar-refractivity contribution in [2.45, 2.75) is 32.2 Å². The van der Waals surface area contributed by atoms with Gasteiger partial charge in [-0.05, 0) is 43.5 Å². The lowest BCUT2D eigenvalue weighted by Crippen LogP contribution is -2.39.